The minimum Gasteiger partial charge on any atom is -0.396 e. The fraction of sp³-hybridized carbons (Fsp3) is 0.714. The Morgan fingerprint density at radius 2 is 2.19 bits per heavy atom. The fourth-order valence-corrected chi connectivity index (χ4v) is 2.75. The smallest absolute Gasteiger partial charge is 0.265 e. The summed E-state index contributed by atoms with van der Waals surface area (Å²) in [6.07, 6.45) is 1.59. The van der Waals surface area contributed by atoms with Crippen LogP contribution in [0, 0.1) is 5.41 Å². The molecule has 0 aromatic carbocycles. The first-order valence-corrected chi connectivity index (χ1v) is 7.99. The number of nitrogens with two attached hydrogens (primary N) is 1. The van der Waals surface area contributed by atoms with Crippen molar-refractivity contribution >= 4 is 28.2 Å². The molecule has 7 heteroatoms. The zero-order chi connectivity index (χ0) is 16.0. The number of thiazole rings is 1. The number of nitrogen functional groups attached to an aromatic ring is 1. The summed E-state index contributed by atoms with van der Waals surface area (Å²) in [6, 6.07) is 0. The van der Waals surface area contributed by atoms with E-state index in [4.69, 9.17) is 10.8 Å². The van der Waals surface area contributed by atoms with Crippen LogP contribution in [0.25, 0.3) is 0 Å². The number of hydrogen-bond donors (Lipinski definition) is 3. The van der Waals surface area contributed by atoms with Crippen LogP contribution in [-0.4, -0.2) is 42.7 Å². The standard InChI is InChI=1S/C14H26N4O2S/c1-5-18(4)13-17-11(15)10(21-13)12(20)16-9-14(2,3)7-6-8-19/h19H,5-9,15H2,1-4H3,(H,16,20). The molecule has 21 heavy (non-hydrogen) atoms. The summed E-state index contributed by atoms with van der Waals surface area (Å²) in [5.74, 6) is 0.0961. The van der Waals surface area contributed by atoms with Crippen LogP contribution in [0.4, 0.5) is 10.9 Å². The summed E-state index contributed by atoms with van der Waals surface area (Å²) >= 11 is 1.31. The maximum atomic E-state index is 12.2. The first-order chi connectivity index (χ1) is 9.80. The van der Waals surface area contributed by atoms with E-state index in [1.54, 1.807) is 0 Å². The lowest BCUT2D eigenvalue weighted by atomic mass is 9.88. The molecule has 0 aliphatic heterocycles. The minimum absolute atomic E-state index is 0.0547. The number of anilines is 2. The number of aromatic nitrogens is 1. The van der Waals surface area contributed by atoms with Crippen molar-refractivity contribution in [3.63, 3.8) is 0 Å². The summed E-state index contributed by atoms with van der Waals surface area (Å²) in [5, 5.41) is 12.5. The molecule has 0 saturated heterocycles. The van der Waals surface area contributed by atoms with Crippen LogP contribution in [0.3, 0.4) is 0 Å². The van der Waals surface area contributed by atoms with E-state index in [0.29, 0.717) is 11.4 Å². The van der Waals surface area contributed by atoms with Crippen molar-refractivity contribution in [3.05, 3.63) is 4.88 Å². The number of rotatable bonds is 8. The van der Waals surface area contributed by atoms with Gasteiger partial charge in [0.05, 0.1) is 0 Å². The lowest BCUT2D eigenvalue weighted by molar-refractivity contribution is 0.0937. The van der Waals surface area contributed by atoms with Crippen LogP contribution in [0.5, 0.6) is 0 Å². The van der Waals surface area contributed by atoms with Gasteiger partial charge in [-0.1, -0.05) is 25.2 Å². The van der Waals surface area contributed by atoms with Crippen molar-refractivity contribution in [2.24, 2.45) is 5.41 Å². The van der Waals surface area contributed by atoms with Crippen LogP contribution in [-0.2, 0) is 0 Å². The quantitative estimate of drug-likeness (QED) is 0.679. The number of carbonyl (C=O) groups is 1. The van der Waals surface area contributed by atoms with Gasteiger partial charge < -0.3 is 21.1 Å². The van der Waals surface area contributed by atoms with E-state index in [9.17, 15) is 4.79 Å². The molecule has 6 nitrogen and oxygen atoms in total. The molecule has 0 unspecified atom stereocenters. The Kier molecular flexibility index (Phi) is 6.42. The Hall–Kier alpha value is -1.34. The number of aliphatic hydroxyl groups is 1. The zero-order valence-corrected chi connectivity index (χ0v) is 14.1. The molecular weight excluding hydrogens is 288 g/mol. The largest absolute Gasteiger partial charge is 0.396 e. The summed E-state index contributed by atoms with van der Waals surface area (Å²) in [4.78, 5) is 18.9. The molecule has 1 rings (SSSR count). The predicted molar refractivity (Wildman–Crippen MR) is 87.9 cm³/mol. The highest BCUT2D eigenvalue weighted by molar-refractivity contribution is 7.18. The summed E-state index contributed by atoms with van der Waals surface area (Å²) in [7, 11) is 1.91. The van der Waals surface area contributed by atoms with Gasteiger partial charge in [-0.25, -0.2) is 4.98 Å². The molecule has 4 N–H and O–H groups in total. The molecule has 0 fully saturated rings. The van der Waals surface area contributed by atoms with Gasteiger partial charge in [-0.3, -0.25) is 4.79 Å². The molecule has 1 amide bonds. The summed E-state index contributed by atoms with van der Waals surface area (Å²) < 4.78 is 0. The van der Waals surface area contributed by atoms with Gasteiger partial charge in [-0.05, 0) is 25.2 Å². The molecule has 120 valence electrons. The number of nitrogens with zero attached hydrogens (tertiary/aromatic N) is 2. The van der Waals surface area contributed by atoms with Crippen molar-refractivity contribution in [2.75, 3.05) is 37.4 Å². The maximum absolute atomic E-state index is 12.2. The van der Waals surface area contributed by atoms with Gasteiger partial charge in [0.15, 0.2) is 5.13 Å². The maximum Gasteiger partial charge on any atom is 0.265 e. The number of carbonyl (C=O) groups excluding carboxylic acids is 1. The van der Waals surface area contributed by atoms with Crippen molar-refractivity contribution in [1.29, 1.82) is 0 Å². The minimum atomic E-state index is -0.183. The second kappa shape index (κ2) is 7.61. The van der Waals surface area contributed by atoms with Crippen LogP contribution >= 0.6 is 11.3 Å². The van der Waals surface area contributed by atoms with Gasteiger partial charge >= 0.3 is 0 Å². The lowest BCUT2D eigenvalue weighted by Crippen LogP contribution is -2.34. The van der Waals surface area contributed by atoms with Gasteiger partial charge in [0, 0.05) is 26.7 Å². The van der Waals surface area contributed by atoms with Gasteiger partial charge in [-0.15, -0.1) is 0 Å². The molecule has 0 atom stereocenters. The molecule has 0 saturated carbocycles. The highest BCUT2D eigenvalue weighted by Crippen LogP contribution is 2.27. The van der Waals surface area contributed by atoms with E-state index in [2.05, 4.69) is 24.1 Å². The molecule has 0 radical (unpaired) electrons. The monoisotopic (exact) mass is 314 g/mol. The Morgan fingerprint density at radius 3 is 2.76 bits per heavy atom. The zero-order valence-electron chi connectivity index (χ0n) is 13.3. The lowest BCUT2D eigenvalue weighted by Gasteiger charge is -2.24. The van der Waals surface area contributed by atoms with Crippen molar-refractivity contribution in [2.45, 2.75) is 33.6 Å². The van der Waals surface area contributed by atoms with E-state index in [0.717, 1.165) is 24.5 Å². The highest BCUT2D eigenvalue weighted by Gasteiger charge is 2.22. The van der Waals surface area contributed by atoms with Gasteiger partial charge in [-0.2, -0.15) is 0 Å². The van der Waals surface area contributed by atoms with E-state index in [1.165, 1.54) is 11.3 Å². The average Bonchev–Trinajstić information content (AvgIpc) is 2.84. The predicted octanol–water partition coefficient (Wildman–Crippen LogP) is 1.71. The normalized spacial score (nSPS) is 11.5. The van der Waals surface area contributed by atoms with E-state index < -0.39 is 0 Å². The molecular formula is C14H26N4O2S. The number of amides is 1. The third-order valence-electron chi connectivity index (χ3n) is 3.39. The molecule has 0 aliphatic rings. The highest BCUT2D eigenvalue weighted by atomic mass is 32.1. The Labute approximate surface area is 130 Å². The van der Waals surface area contributed by atoms with E-state index >= 15 is 0 Å². The SMILES string of the molecule is CCN(C)c1nc(N)c(C(=O)NCC(C)(C)CCCO)s1. The first kappa shape index (κ1) is 17.7. The van der Waals surface area contributed by atoms with Gasteiger partial charge in [0.2, 0.25) is 0 Å². The Bertz CT molecular complexity index is 474. The van der Waals surface area contributed by atoms with Crippen molar-refractivity contribution in [3.8, 4) is 0 Å². The number of nitrogens with one attached hydrogen (secondary N) is 1. The van der Waals surface area contributed by atoms with Gasteiger partial charge in [0.25, 0.3) is 5.91 Å². The topological polar surface area (TPSA) is 91.5 Å². The second-order valence-electron chi connectivity index (χ2n) is 5.90. The molecule has 1 aromatic rings. The van der Waals surface area contributed by atoms with Crippen LogP contribution < -0.4 is 16.0 Å². The average molecular weight is 314 g/mol. The van der Waals surface area contributed by atoms with Gasteiger partial charge in [0.1, 0.15) is 10.7 Å². The fourth-order valence-electron chi connectivity index (χ4n) is 1.83. The number of aliphatic hydroxyl groups excluding tert-OH is 1. The third kappa shape index (κ3) is 5.17. The first-order valence-electron chi connectivity index (χ1n) is 7.17. The van der Waals surface area contributed by atoms with Crippen molar-refractivity contribution in [1.82, 2.24) is 10.3 Å². The van der Waals surface area contributed by atoms with Crippen LogP contribution in [0.1, 0.15) is 43.3 Å². The third-order valence-corrected chi connectivity index (χ3v) is 4.57. The second-order valence-corrected chi connectivity index (χ2v) is 6.88. The Morgan fingerprint density at radius 1 is 1.52 bits per heavy atom. The summed E-state index contributed by atoms with van der Waals surface area (Å²) in [6.45, 7) is 7.67. The van der Waals surface area contributed by atoms with Crippen molar-refractivity contribution < 1.29 is 9.90 Å². The summed E-state index contributed by atoms with van der Waals surface area (Å²) in [5.41, 5.74) is 5.78. The Balaban J connectivity index is 2.66. The molecule has 0 spiro atoms. The van der Waals surface area contributed by atoms with Crippen LogP contribution in [0.15, 0.2) is 0 Å². The molecule has 1 aromatic heterocycles. The molecule has 1 heterocycles. The molecule has 0 aliphatic carbocycles. The van der Waals surface area contributed by atoms with E-state index in [-0.39, 0.29) is 23.7 Å². The molecule has 0 bridgehead atoms. The van der Waals surface area contributed by atoms with Crippen LogP contribution in [0.2, 0.25) is 0 Å². The number of hydrogen-bond acceptors (Lipinski definition) is 6. The van der Waals surface area contributed by atoms with E-state index in [1.807, 2.05) is 18.9 Å².